The van der Waals surface area contributed by atoms with Crippen molar-refractivity contribution in [3.05, 3.63) is 90.0 Å². The lowest BCUT2D eigenvalue weighted by Crippen LogP contribution is -3.00. The lowest BCUT2D eigenvalue weighted by Gasteiger charge is -2.37. The summed E-state index contributed by atoms with van der Waals surface area (Å²) in [7, 11) is 1.74. The van der Waals surface area contributed by atoms with Gasteiger partial charge >= 0.3 is 0 Å². The molecule has 1 fully saturated rings. The van der Waals surface area contributed by atoms with Crippen molar-refractivity contribution in [3.8, 4) is 0 Å². The first-order valence-electron chi connectivity index (χ1n) is 11.6. The Balaban J connectivity index is 0.00000306. The van der Waals surface area contributed by atoms with E-state index >= 15 is 0 Å². The molecule has 5 nitrogen and oxygen atoms in total. The second kappa shape index (κ2) is 11.1. The average molecular weight is 512 g/mol. The van der Waals surface area contributed by atoms with Gasteiger partial charge in [0.25, 0.3) is 5.82 Å². The standard InChI is InChI=1S/C27H33N3O2.BrH/c1-21-29(16-9-19-32-2)17-18-30(21)25-15-14-24(20-25)27(26(28)31,22-10-5-3-6-11-22)23-12-7-4-8-13-23;/h3-8,10-13,17-18,24-25H,9,14-16,19-20H2,1-2H3,(H-,28,31);1H/t24-,25+;/m1./s1. The van der Waals surface area contributed by atoms with E-state index in [1.165, 1.54) is 5.82 Å². The molecule has 0 bridgehead atoms. The third-order valence-corrected chi connectivity index (χ3v) is 7.20. The number of imidazole rings is 1. The third-order valence-electron chi connectivity index (χ3n) is 7.20. The topological polar surface area (TPSA) is 61.1 Å². The molecule has 1 heterocycles. The Morgan fingerprint density at radius 2 is 1.70 bits per heavy atom. The quantitative estimate of drug-likeness (QED) is 0.343. The van der Waals surface area contributed by atoms with E-state index in [9.17, 15) is 4.79 Å². The number of carbonyl (C=O) groups excluding carboxylic acids is 1. The van der Waals surface area contributed by atoms with Crippen molar-refractivity contribution < 1.29 is 31.1 Å². The summed E-state index contributed by atoms with van der Waals surface area (Å²) in [5.41, 5.74) is 7.39. The fraction of sp³-hybridized carbons (Fsp3) is 0.407. The molecule has 1 saturated carbocycles. The summed E-state index contributed by atoms with van der Waals surface area (Å²) in [5.74, 6) is 1.12. The van der Waals surface area contributed by atoms with Gasteiger partial charge in [-0.25, -0.2) is 9.13 Å². The molecule has 3 aromatic rings. The third kappa shape index (κ3) is 4.78. The number of methoxy groups -OCH3 is 1. The van der Waals surface area contributed by atoms with E-state index in [0.29, 0.717) is 6.04 Å². The number of nitrogens with zero attached hydrogens (tertiary/aromatic N) is 2. The SMILES string of the molecule is COCCC[n+]1ccn([C@H]2CC[C@@H](C(C(N)=O)(c3ccccc3)c3ccccc3)C2)c1C.[Br-]. The van der Waals surface area contributed by atoms with Gasteiger partial charge in [-0.2, -0.15) is 0 Å². The molecule has 0 unspecified atom stereocenters. The van der Waals surface area contributed by atoms with E-state index < -0.39 is 5.41 Å². The Bertz CT molecular complexity index is 997. The number of carbonyl (C=O) groups is 1. The van der Waals surface area contributed by atoms with Gasteiger partial charge in [-0.15, -0.1) is 0 Å². The molecule has 0 radical (unpaired) electrons. The summed E-state index contributed by atoms with van der Waals surface area (Å²) < 4.78 is 9.88. The number of hydrogen-bond donors (Lipinski definition) is 1. The van der Waals surface area contributed by atoms with Crippen LogP contribution in [-0.4, -0.2) is 24.2 Å². The molecule has 2 aromatic carbocycles. The van der Waals surface area contributed by atoms with Crippen LogP contribution in [0.5, 0.6) is 0 Å². The first kappa shape index (κ1) is 25.2. The van der Waals surface area contributed by atoms with Gasteiger partial charge < -0.3 is 27.5 Å². The van der Waals surface area contributed by atoms with Crippen molar-refractivity contribution in [2.24, 2.45) is 11.7 Å². The molecule has 2 N–H and O–H groups in total. The number of amides is 1. The molecule has 4 rings (SSSR count). The maximum Gasteiger partial charge on any atom is 0.253 e. The zero-order valence-electron chi connectivity index (χ0n) is 19.5. The van der Waals surface area contributed by atoms with Gasteiger partial charge in [0.2, 0.25) is 5.91 Å². The Morgan fingerprint density at radius 3 is 2.24 bits per heavy atom. The number of rotatable bonds is 9. The Morgan fingerprint density at radius 1 is 1.09 bits per heavy atom. The van der Waals surface area contributed by atoms with Gasteiger partial charge in [-0.1, -0.05) is 60.7 Å². The van der Waals surface area contributed by atoms with Crippen molar-refractivity contribution >= 4 is 5.91 Å². The molecule has 1 aliphatic rings. The van der Waals surface area contributed by atoms with Crippen LogP contribution < -0.4 is 27.3 Å². The van der Waals surface area contributed by atoms with Crippen molar-refractivity contribution in [1.82, 2.24) is 4.57 Å². The fourth-order valence-corrected chi connectivity index (χ4v) is 5.65. The van der Waals surface area contributed by atoms with Crippen molar-refractivity contribution in [2.45, 2.75) is 50.6 Å². The van der Waals surface area contributed by atoms with E-state index in [4.69, 9.17) is 10.5 Å². The molecule has 0 saturated heterocycles. The van der Waals surface area contributed by atoms with Crippen LogP contribution in [0.2, 0.25) is 0 Å². The number of hydrogen-bond acceptors (Lipinski definition) is 2. The highest BCUT2D eigenvalue weighted by Crippen LogP contribution is 2.49. The summed E-state index contributed by atoms with van der Waals surface area (Å²) in [5, 5.41) is 0. The molecule has 0 spiro atoms. The maximum absolute atomic E-state index is 13.3. The van der Waals surface area contributed by atoms with Crippen LogP contribution in [0.15, 0.2) is 73.1 Å². The first-order chi connectivity index (χ1) is 15.6. The van der Waals surface area contributed by atoms with E-state index in [0.717, 1.165) is 50.0 Å². The van der Waals surface area contributed by atoms with Crippen molar-refractivity contribution in [2.75, 3.05) is 13.7 Å². The number of benzene rings is 2. The predicted octanol–water partition coefficient (Wildman–Crippen LogP) is 0.937. The smallest absolute Gasteiger partial charge is 0.253 e. The van der Waals surface area contributed by atoms with Gasteiger partial charge in [-0.05, 0) is 36.3 Å². The minimum atomic E-state index is -0.827. The van der Waals surface area contributed by atoms with E-state index in [2.05, 4.69) is 52.7 Å². The number of aromatic nitrogens is 2. The molecule has 1 aromatic heterocycles. The number of primary amides is 1. The van der Waals surface area contributed by atoms with Gasteiger partial charge in [0.1, 0.15) is 23.9 Å². The predicted molar refractivity (Wildman–Crippen MR) is 125 cm³/mol. The zero-order chi connectivity index (χ0) is 22.6. The largest absolute Gasteiger partial charge is 1.00 e. The monoisotopic (exact) mass is 511 g/mol. The molecular weight excluding hydrogens is 478 g/mol. The van der Waals surface area contributed by atoms with Gasteiger partial charge in [0.05, 0.1) is 6.54 Å². The highest BCUT2D eigenvalue weighted by molar-refractivity contribution is 5.91. The number of aryl methyl sites for hydroxylation is 1. The van der Waals surface area contributed by atoms with Crippen molar-refractivity contribution in [1.29, 1.82) is 0 Å². The van der Waals surface area contributed by atoms with Gasteiger partial charge in [-0.3, -0.25) is 4.79 Å². The molecule has 33 heavy (non-hydrogen) atoms. The number of ether oxygens (including phenoxy) is 1. The fourth-order valence-electron chi connectivity index (χ4n) is 5.65. The summed E-state index contributed by atoms with van der Waals surface area (Å²) in [4.78, 5) is 13.3. The maximum atomic E-state index is 13.3. The van der Waals surface area contributed by atoms with Crippen molar-refractivity contribution in [3.63, 3.8) is 0 Å². The zero-order valence-corrected chi connectivity index (χ0v) is 21.1. The van der Waals surface area contributed by atoms with Crippen LogP contribution in [0.1, 0.15) is 48.7 Å². The van der Waals surface area contributed by atoms with E-state index in [1.807, 2.05) is 36.4 Å². The Hall–Kier alpha value is -2.44. The second-order valence-corrected chi connectivity index (χ2v) is 8.86. The van der Waals surface area contributed by atoms with Crippen LogP contribution in [0.25, 0.3) is 0 Å². The highest BCUT2D eigenvalue weighted by atomic mass is 79.9. The lowest BCUT2D eigenvalue weighted by molar-refractivity contribution is -0.703. The normalized spacial score (nSPS) is 18.1. The van der Waals surface area contributed by atoms with Gasteiger partial charge in [0, 0.05) is 27.1 Å². The minimum Gasteiger partial charge on any atom is -1.00 e. The van der Waals surface area contributed by atoms with Crippen LogP contribution in [0.3, 0.4) is 0 Å². The van der Waals surface area contributed by atoms with Crippen LogP contribution in [0, 0.1) is 12.8 Å². The molecule has 176 valence electrons. The number of halogens is 1. The molecule has 6 heteroatoms. The summed E-state index contributed by atoms with van der Waals surface area (Å²) in [6, 6.07) is 20.5. The first-order valence-corrected chi connectivity index (χ1v) is 11.6. The van der Waals surface area contributed by atoms with Gasteiger partial charge in [0.15, 0.2) is 0 Å². The highest BCUT2D eigenvalue weighted by Gasteiger charge is 2.51. The molecule has 1 amide bonds. The second-order valence-electron chi connectivity index (χ2n) is 8.86. The molecule has 2 atom stereocenters. The van der Waals surface area contributed by atoms with Crippen LogP contribution in [0.4, 0.5) is 0 Å². The summed E-state index contributed by atoms with van der Waals surface area (Å²) in [6.07, 6.45) is 8.25. The van der Waals surface area contributed by atoms with Crippen LogP contribution in [-0.2, 0) is 21.5 Å². The number of nitrogens with two attached hydrogens (primary N) is 1. The lowest BCUT2D eigenvalue weighted by atomic mass is 9.64. The van der Waals surface area contributed by atoms with E-state index in [1.54, 1.807) is 7.11 Å². The molecule has 0 aliphatic heterocycles. The molecular formula is C27H34BrN3O2. The summed E-state index contributed by atoms with van der Waals surface area (Å²) >= 11 is 0. The van der Waals surface area contributed by atoms with E-state index in [-0.39, 0.29) is 28.8 Å². The Kier molecular flexibility index (Phi) is 8.49. The molecule has 1 aliphatic carbocycles. The Labute approximate surface area is 207 Å². The summed E-state index contributed by atoms with van der Waals surface area (Å²) in [6.45, 7) is 3.89. The van der Waals surface area contributed by atoms with Crippen LogP contribution >= 0.6 is 0 Å². The minimum absolute atomic E-state index is 0. The average Bonchev–Trinajstić information content (AvgIpc) is 3.43.